The van der Waals surface area contributed by atoms with Crippen LogP contribution < -0.4 is 14.8 Å². The number of anilines is 1. The maximum absolute atomic E-state index is 12.1. The number of amides is 1. The highest BCUT2D eigenvalue weighted by Crippen LogP contribution is 2.20. The minimum absolute atomic E-state index is 0.0880. The molecular formula is C14H18N4O4S2. The lowest BCUT2D eigenvalue weighted by Crippen LogP contribution is -2.28. The van der Waals surface area contributed by atoms with E-state index in [0.29, 0.717) is 5.75 Å². The van der Waals surface area contributed by atoms with Gasteiger partial charge in [-0.25, -0.2) is 13.1 Å². The van der Waals surface area contributed by atoms with Crippen LogP contribution in [-0.4, -0.2) is 37.7 Å². The lowest BCUT2D eigenvalue weighted by atomic mass is 10.1. The fourth-order valence-corrected chi connectivity index (χ4v) is 3.88. The summed E-state index contributed by atoms with van der Waals surface area (Å²) in [6.45, 7) is 5.49. The summed E-state index contributed by atoms with van der Waals surface area (Å²) in [6.07, 6.45) is 0. The lowest BCUT2D eigenvalue weighted by molar-refractivity contribution is -0.114. The van der Waals surface area contributed by atoms with Gasteiger partial charge in [0.2, 0.25) is 15.4 Å². The topological polar surface area (TPSA) is 110 Å². The van der Waals surface area contributed by atoms with Crippen molar-refractivity contribution < 1.29 is 17.9 Å². The zero-order valence-electron chi connectivity index (χ0n) is 13.5. The Morgan fingerprint density at radius 2 is 2.04 bits per heavy atom. The van der Waals surface area contributed by atoms with Crippen LogP contribution in [0.1, 0.15) is 18.1 Å². The van der Waals surface area contributed by atoms with E-state index in [1.165, 1.54) is 6.92 Å². The molecule has 10 heteroatoms. The van der Waals surface area contributed by atoms with Crippen LogP contribution in [0.5, 0.6) is 5.75 Å². The SMILES string of the molecule is CC(=O)Nc1nnc(S(=O)(=O)NCCOc2ccc(C)cc2C)s1. The molecule has 1 amide bonds. The predicted octanol–water partition coefficient (Wildman–Crippen LogP) is 1.47. The first kappa shape index (κ1) is 18.3. The van der Waals surface area contributed by atoms with Crippen LogP contribution in [0.2, 0.25) is 0 Å². The molecule has 1 aromatic carbocycles. The number of ether oxygens (including phenoxy) is 1. The molecule has 2 rings (SSSR count). The minimum atomic E-state index is -3.78. The van der Waals surface area contributed by atoms with Gasteiger partial charge in [-0.05, 0) is 25.5 Å². The fraction of sp³-hybridized carbons (Fsp3) is 0.357. The van der Waals surface area contributed by atoms with Crippen LogP contribution >= 0.6 is 11.3 Å². The van der Waals surface area contributed by atoms with Gasteiger partial charge < -0.3 is 10.1 Å². The van der Waals surface area contributed by atoms with Gasteiger partial charge in [0.15, 0.2) is 0 Å². The van der Waals surface area contributed by atoms with E-state index in [1.54, 1.807) is 0 Å². The number of nitrogens with zero attached hydrogens (tertiary/aromatic N) is 2. The van der Waals surface area contributed by atoms with Gasteiger partial charge in [-0.3, -0.25) is 4.79 Å². The van der Waals surface area contributed by atoms with Crippen molar-refractivity contribution in [2.75, 3.05) is 18.5 Å². The van der Waals surface area contributed by atoms with E-state index in [9.17, 15) is 13.2 Å². The second-order valence-corrected chi connectivity index (χ2v) is 7.99. The van der Waals surface area contributed by atoms with E-state index in [0.717, 1.165) is 22.5 Å². The first-order valence-electron chi connectivity index (χ1n) is 7.09. The normalized spacial score (nSPS) is 11.3. The van der Waals surface area contributed by atoms with E-state index in [4.69, 9.17) is 4.74 Å². The Bertz CT molecular complexity index is 833. The van der Waals surface area contributed by atoms with Gasteiger partial charge in [-0.1, -0.05) is 29.0 Å². The van der Waals surface area contributed by atoms with Crippen molar-refractivity contribution in [1.29, 1.82) is 0 Å². The van der Waals surface area contributed by atoms with Crippen LogP contribution in [0.4, 0.5) is 5.13 Å². The van der Waals surface area contributed by atoms with Gasteiger partial charge in [0, 0.05) is 13.5 Å². The van der Waals surface area contributed by atoms with Crippen LogP contribution in [0, 0.1) is 13.8 Å². The Morgan fingerprint density at radius 3 is 2.71 bits per heavy atom. The second-order valence-electron chi connectivity index (χ2n) is 5.07. The summed E-state index contributed by atoms with van der Waals surface area (Å²) in [5.41, 5.74) is 2.12. The van der Waals surface area contributed by atoms with Crippen molar-refractivity contribution in [3.05, 3.63) is 29.3 Å². The third-order valence-electron chi connectivity index (χ3n) is 2.90. The van der Waals surface area contributed by atoms with Gasteiger partial charge in [0.05, 0.1) is 0 Å². The zero-order valence-corrected chi connectivity index (χ0v) is 15.1. The maximum atomic E-state index is 12.1. The molecule has 0 atom stereocenters. The molecule has 8 nitrogen and oxygen atoms in total. The van der Waals surface area contributed by atoms with Gasteiger partial charge in [0.25, 0.3) is 10.0 Å². The molecule has 0 unspecified atom stereocenters. The van der Waals surface area contributed by atoms with Gasteiger partial charge >= 0.3 is 0 Å². The molecule has 1 aromatic heterocycles. The van der Waals surface area contributed by atoms with Crippen LogP contribution in [-0.2, 0) is 14.8 Å². The molecule has 0 aliphatic rings. The number of carbonyl (C=O) groups excluding carboxylic acids is 1. The molecule has 0 radical (unpaired) electrons. The molecule has 0 aliphatic heterocycles. The molecule has 0 fully saturated rings. The van der Waals surface area contributed by atoms with E-state index in [-0.39, 0.29) is 28.5 Å². The third-order valence-corrected chi connectivity index (χ3v) is 5.57. The van der Waals surface area contributed by atoms with Crippen LogP contribution in [0.15, 0.2) is 22.5 Å². The van der Waals surface area contributed by atoms with Crippen molar-refractivity contribution in [1.82, 2.24) is 14.9 Å². The molecule has 130 valence electrons. The standard InChI is InChI=1S/C14H18N4O4S2/c1-9-4-5-12(10(2)8-9)22-7-6-15-24(20,21)14-18-17-13(23-14)16-11(3)19/h4-5,8,15H,6-7H2,1-3H3,(H,16,17,19). The molecule has 2 N–H and O–H groups in total. The number of rotatable bonds is 7. The van der Waals surface area contributed by atoms with E-state index in [1.807, 2.05) is 32.0 Å². The largest absolute Gasteiger partial charge is 0.492 e. The number of hydrogen-bond donors (Lipinski definition) is 2. The van der Waals surface area contributed by atoms with Crippen molar-refractivity contribution in [3.8, 4) is 5.75 Å². The smallest absolute Gasteiger partial charge is 0.269 e. The molecule has 0 spiro atoms. The number of sulfonamides is 1. The van der Waals surface area contributed by atoms with E-state index in [2.05, 4.69) is 20.2 Å². The summed E-state index contributed by atoms with van der Waals surface area (Å²) < 4.78 is 31.9. The highest BCUT2D eigenvalue weighted by atomic mass is 32.2. The van der Waals surface area contributed by atoms with Crippen molar-refractivity contribution >= 4 is 32.4 Å². The number of aryl methyl sites for hydroxylation is 2. The molecule has 0 aliphatic carbocycles. The lowest BCUT2D eigenvalue weighted by Gasteiger charge is -2.10. The molecule has 1 heterocycles. The van der Waals surface area contributed by atoms with E-state index >= 15 is 0 Å². The van der Waals surface area contributed by atoms with Gasteiger partial charge in [0.1, 0.15) is 12.4 Å². The summed E-state index contributed by atoms with van der Waals surface area (Å²) in [7, 11) is -3.78. The maximum Gasteiger partial charge on any atom is 0.269 e. The number of aromatic nitrogens is 2. The summed E-state index contributed by atoms with van der Waals surface area (Å²) in [6, 6.07) is 5.77. The fourth-order valence-electron chi connectivity index (χ4n) is 1.88. The monoisotopic (exact) mass is 370 g/mol. The number of hydrogen-bond acceptors (Lipinski definition) is 7. The summed E-state index contributed by atoms with van der Waals surface area (Å²) in [5, 5.41) is 9.69. The van der Waals surface area contributed by atoms with Gasteiger partial charge in [-0.15, -0.1) is 10.2 Å². The molecule has 2 aromatic rings. The first-order chi connectivity index (χ1) is 11.3. The first-order valence-corrected chi connectivity index (χ1v) is 9.39. The summed E-state index contributed by atoms with van der Waals surface area (Å²) in [5.74, 6) is 0.369. The summed E-state index contributed by atoms with van der Waals surface area (Å²) in [4.78, 5) is 10.9. The Kier molecular flexibility index (Phi) is 5.86. The Morgan fingerprint density at radius 1 is 1.29 bits per heavy atom. The Labute approximate surface area is 144 Å². The molecule has 0 bridgehead atoms. The number of benzene rings is 1. The highest BCUT2D eigenvalue weighted by molar-refractivity contribution is 7.91. The van der Waals surface area contributed by atoms with Gasteiger partial charge in [-0.2, -0.15) is 0 Å². The second kappa shape index (κ2) is 7.69. The van der Waals surface area contributed by atoms with E-state index < -0.39 is 10.0 Å². The molecular weight excluding hydrogens is 352 g/mol. The Balaban J connectivity index is 1.88. The average Bonchev–Trinajstić information content (AvgIpc) is 2.94. The molecule has 0 saturated carbocycles. The number of carbonyl (C=O) groups is 1. The van der Waals surface area contributed by atoms with Crippen molar-refractivity contribution in [3.63, 3.8) is 0 Å². The Hall–Kier alpha value is -2.04. The number of nitrogens with one attached hydrogen (secondary N) is 2. The van der Waals surface area contributed by atoms with Crippen molar-refractivity contribution in [2.24, 2.45) is 0 Å². The predicted molar refractivity (Wildman–Crippen MR) is 90.8 cm³/mol. The van der Waals surface area contributed by atoms with Crippen LogP contribution in [0.25, 0.3) is 0 Å². The highest BCUT2D eigenvalue weighted by Gasteiger charge is 2.20. The average molecular weight is 370 g/mol. The minimum Gasteiger partial charge on any atom is -0.492 e. The summed E-state index contributed by atoms with van der Waals surface area (Å²) >= 11 is 0.781. The zero-order chi connectivity index (χ0) is 17.7. The third kappa shape index (κ3) is 4.98. The van der Waals surface area contributed by atoms with Crippen molar-refractivity contribution in [2.45, 2.75) is 25.1 Å². The van der Waals surface area contributed by atoms with Crippen LogP contribution in [0.3, 0.4) is 0 Å². The molecule has 24 heavy (non-hydrogen) atoms. The quantitative estimate of drug-likeness (QED) is 0.564. The molecule has 0 saturated heterocycles.